The molecule has 0 spiro atoms. The molecule has 2 heterocycles. The lowest BCUT2D eigenvalue weighted by molar-refractivity contribution is 0.0950. The summed E-state index contributed by atoms with van der Waals surface area (Å²) >= 11 is 0. The fourth-order valence-electron chi connectivity index (χ4n) is 2.05. The molecular formula is C18H14N6O. The number of hydrogen-bond acceptors (Lipinski definition) is 6. The molecule has 122 valence electrons. The van der Waals surface area contributed by atoms with Crippen molar-refractivity contribution >= 4 is 17.5 Å². The Kier molecular flexibility index (Phi) is 4.93. The van der Waals surface area contributed by atoms with Crippen LogP contribution in [0.4, 0.5) is 11.6 Å². The maximum atomic E-state index is 12.1. The number of aromatic nitrogens is 3. The molecule has 0 fully saturated rings. The summed E-state index contributed by atoms with van der Waals surface area (Å²) in [6.45, 7) is 0.387. The summed E-state index contributed by atoms with van der Waals surface area (Å²) in [6.07, 6.45) is 6.29. The number of rotatable bonds is 5. The topological polar surface area (TPSA) is 104 Å². The molecule has 3 rings (SSSR count). The quantitative estimate of drug-likeness (QED) is 0.744. The smallest absolute Gasteiger partial charge is 0.254 e. The van der Waals surface area contributed by atoms with E-state index in [0.29, 0.717) is 23.6 Å². The van der Waals surface area contributed by atoms with Crippen LogP contribution in [0.3, 0.4) is 0 Å². The molecule has 2 aromatic heterocycles. The van der Waals surface area contributed by atoms with Crippen LogP contribution in [0.1, 0.15) is 21.5 Å². The van der Waals surface area contributed by atoms with E-state index in [-0.39, 0.29) is 5.91 Å². The highest BCUT2D eigenvalue weighted by atomic mass is 16.1. The minimum absolute atomic E-state index is 0.256. The molecule has 2 N–H and O–H groups in total. The molecule has 25 heavy (non-hydrogen) atoms. The highest BCUT2D eigenvalue weighted by Crippen LogP contribution is 2.13. The van der Waals surface area contributed by atoms with Crippen LogP contribution in [0.5, 0.6) is 0 Å². The third-order valence-corrected chi connectivity index (χ3v) is 3.36. The van der Waals surface area contributed by atoms with Gasteiger partial charge in [-0.3, -0.25) is 9.78 Å². The molecule has 0 aliphatic rings. The Morgan fingerprint density at radius 3 is 2.48 bits per heavy atom. The van der Waals surface area contributed by atoms with E-state index in [1.54, 1.807) is 36.7 Å². The molecule has 3 aromatic rings. The first kappa shape index (κ1) is 16.1. The fourth-order valence-corrected chi connectivity index (χ4v) is 2.05. The van der Waals surface area contributed by atoms with Crippen molar-refractivity contribution in [2.75, 3.05) is 5.32 Å². The predicted molar refractivity (Wildman–Crippen MR) is 91.9 cm³/mol. The fraction of sp³-hybridized carbons (Fsp3) is 0.0556. The van der Waals surface area contributed by atoms with Crippen LogP contribution in [-0.2, 0) is 6.54 Å². The molecule has 0 radical (unpaired) electrons. The van der Waals surface area contributed by atoms with Crippen molar-refractivity contribution in [1.82, 2.24) is 20.3 Å². The second-order valence-electron chi connectivity index (χ2n) is 5.15. The van der Waals surface area contributed by atoms with Gasteiger partial charge in [-0.15, -0.1) is 0 Å². The van der Waals surface area contributed by atoms with Crippen LogP contribution in [0.2, 0.25) is 0 Å². The number of hydrogen-bond donors (Lipinski definition) is 2. The maximum Gasteiger partial charge on any atom is 0.254 e. The van der Waals surface area contributed by atoms with Crippen LogP contribution in [0.15, 0.2) is 61.2 Å². The molecule has 0 aliphatic heterocycles. The molecule has 7 heteroatoms. The molecule has 0 saturated carbocycles. The average molecular weight is 330 g/mol. The number of carbonyl (C=O) groups is 1. The number of benzene rings is 1. The molecule has 0 bridgehead atoms. The Morgan fingerprint density at radius 1 is 1.08 bits per heavy atom. The minimum atomic E-state index is -0.256. The zero-order valence-corrected chi connectivity index (χ0v) is 13.2. The van der Waals surface area contributed by atoms with Crippen LogP contribution < -0.4 is 10.6 Å². The van der Waals surface area contributed by atoms with Crippen molar-refractivity contribution in [3.63, 3.8) is 0 Å². The average Bonchev–Trinajstić information content (AvgIpc) is 2.68. The molecule has 1 aromatic carbocycles. The summed E-state index contributed by atoms with van der Waals surface area (Å²) in [7, 11) is 0. The summed E-state index contributed by atoms with van der Waals surface area (Å²) in [5.41, 5.74) is 2.62. The Morgan fingerprint density at radius 2 is 1.84 bits per heavy atom. The maximum absolute atomic E-state index is 12.1. The van der Waals surface area contributed by atoms with Gasteiger partial charge < -0.3 is 10.6 Å². The molecule has 7 nitrogen and oxygen atoms in total. The minimum Gasteiger partial charge on any atom is -0.348 e. The lowest BCUT2D eigenvalue weighted by atomic mass is 10.2. The van der Waals surface area contributed by atoms with Gasteiger partial charge in [0.1, 0.15) is 0 Å². The normalized spacial score (nSPS) is 9.88. The summed E-state index contributed by atoms with van der Waals surface area (Å²) in [4.78, 5) is 24.4. The SMILES string of the molecule is N#Cc1ccc(Nc2ncc(C(=O)NCc3cccnc3)cn2)cc1. The number of nitriles is 1. The molecule has 0 atom stereocenters. The van der Waals surface area contributed by atoms with Crippen LogP contribution in [-0.4, -0.2) is 20.9 Å². The molecule has 0 unspecified atom stereocenters. The summed E-state index contributed by atoms with van der Waals surface area (Å²) in [5.74, 6) is 0.113. The van der Waals surface area contributed by atoms with Crippen LogP contribution in [0.25, 0.3) is 0 Å². The number of nitrogens with one attached hydrogen (secondary N) is 2. The first-order valence-corrected chi connectivity index (χ1v) is 7.51. The van der Waals surface area contributed by atoms with Gasteiger partial charge in [0.25, 0.3) is 5.91 Å². The zero-order valence-electron chi connectivity index (χ0n) is 13.2. The van der Waals surface area contributed by atoms with Crippen LogP contribution in [0, 0.1) is 11.3 Å². The van der Waals surface area contributed by atoms with Gasteiger partial charge in [-0.05, 0) is 35.9 Å². The number of carbonyl (C=O) groups excluding carboxylic acids is 1. The number of amides is 1. The Hall–Kier alpha value is -3.79. The van der Waals surface area contributed by atoms with Gasteiger partial charge in [-0.2, -0.15) is 5.26 Å². The highest BCUT2D eigenvalue weighted by molar-refractivity contribution is 5.93. The number of anilines is 2. The summed E-state index contributed by atoms with van der Waals surface area (Å²) in [5, 5.41) is 14.6. The third-order valence-electron chi connectivity index (χ3n) is 3.36. The standard InChI is InChI=1S/C18H14N6O/c19-8-13-3-5-16(6-4-13)24-18-22-11-15(12-23-18)17(25)21-10-14-2-1-7-20-9-14/h1-7,9,11-12H,10H2,(H,21,25)(H,22,23,24). The van der Waals surface area contributed by atoms with Gasteiger partial charge in [0.15, 0.2) is 0 Å². The molecule has 0 aliphatic carbocycles. The number of nitrogens with zero attached hydrogens (tertiary/aromatic N) is 4. The van der Waals surface area contributed by atoms with E-state index < -0.39 is 0 Å². The third kappa shape index (κ3) is 4.36. The van der Waals surface area contributed by atoms with E-state index in [1.165, 1.54) is 12.4 Å². The zero-order chi connectivity index (χ0) is 17.5. The van der Waals surface area contributed by atoms with Gasteiger partial charge >= 0.3 is 0 Å². The second-order valence-corrected chi connectivity index (χ2v) is 5.15. The second kappa shape index (κ2) is 7.66. The first-order chi connectivity index (χ1) is 12.2. The van der Waals surface area contributed by atoms with Gasteiger partial charge in [0, 0.05) is 37.0 Å². The van der Waals surface area contributed by atoms with E-state index in [0.717, 1.165) is 11.3 Å². The Balaban J connectivity index is 1.59. The van der Waals surface area contributed by atoms with Crippen molar-refractivity contribution in [3.05, 3.63) is 77.9 Å². The van der Waals surface area contributed by atoms with Gasteiger partial charge in [0.2, 0.25) is 5.95 Å². The molecule has 0 saturated heterocycles. The van der Waals surface area contributed by atoms with E-state index in [4.69, 9.17) is 5.26 Å². The van der Waals surface area contributed by atoms with E-state index in [1.807, 2.05) is 12.1 Å². The Bertz CT molecular complexity index is 886. The van der Waals surface area contributed by atoms with Crippen molar-refractivity contribution in [1.29, 1.82) is 5.26 Å². The van der Waals surface area contributed by atoms with E-state index in [2.05, 4.69) is 31.7 Å². The first-order valence-electron chi connectivity index (χ1n) is 7.51. The predicted octanol–water partition coefficient (Wildman–Crippen LogP) is 2.42. The lowest BCUT2D eigenvalue weighted by Crippen LogP contribution is -2.23. The van der Waals surface area contributed by atoms with Gasteiger partial charge in [-0.25, -0.2) is 9.97 Å². The van der Waals surface area contributed by atoms with Crippen molar-refractivity contribution in [3.8, 4) is 6.07 Å². The Labute approximate surface area is 144 Å². The van der Waals surface area contributed by atoms with E-state index >= 15 is 0 Å². The molecule has 1 amide bonds. The van der Waals surface area contributed by atoms with E-state index in [9.17, 15) is 4.79 Å². The number of pyridine rings is 1. The molecular weight excluding hydrogens is 316 g/mol. The lowest BCUT2D eigenvalue weighted by Gasteiger charge is -2.07. The highest BCUT2D eigenvalue weighted by Gasteiger charge is 2.07. The summed E-state index contributed by atoms with van der Waals surface area (Å²) in [6, 6.07) is 12.7. The summed E-state index contributed by atoms with van der Waals surface area (Å²) < 4.78 is 0. The van der Waals surface area contributed by atoms with Crippen molar-refractivity contribution < 1.29 is 4.79 Å². The van der Waals surface area contributed by atoms with Crippen molar-refractivity contribution in [2.24, 2.45) is 0 Å². The monoisotopic (exact) mass is 330 g/mol. The largest absolute Gasteiger partial charge is 0.348 e. The van der Waals surface area contributed by atoms with Gasteiger partial charge in [-0.1, -0.05) is 6.07 Å². The van der Waals surface area contributed by atoms with Crippen LogP contribution >= 0.6 is 0 Å². The van der Waals surface area contributed by atoms with Gasteiger partial charge in [0.05, 0.1) is 17.2 Å². The van der Waals surface area contributed by atoms with Crippen molar-refractivity contribution in [2.45, 2.75) is 6.54 Å².